The smallest absolute Gasteiger partial charge is 0.268 e. The van der Waals surface area contributed by atoms with Gasteiger partial charge in [-0.15, -0.1) is 0 Å². The van der Waals surface area contributed by atoms with Gasteiger partial charge in [0.2, 0.25) is 5.91 Å². The molecule has 0 radical (unpaired) electrons. The highest BCUT2D eigenvalue weighted by atomic mass is 35.5. The molecule has 2 aromatic heterocycles. The zero-order chi connectivity index (χ0) is 24.2. The molecular formula is C26H28ClN5O2. The Bertz CT molecular complexity index is 1240. The maximum absolute atomic E-state index is 13.2. The van der Waals surface area contributed by atoms with Crippen LogP contribution in [0.4, 0.5) is 0 Å². The standard InChI is InChI=1S/C26H28ClN5O2/c1-16-11-17(13-24(27)29-16)12-19(15-28)30-25(33)20-8-4-5-9-21(20)31-26(34)23-14-18-7-3-6-10-22(18)32(23)2/h3,6-7,10-11,13-14,19-21H,4-5,8-9,12H2,1-2H3,(H,30,33)(H,31,34). The number of nitrogens with one attached hydrogen (secondary N) is 2. The predicted molar refractivity (Wildman–Crippen MR) is 131 cm³/mol. The van der Waals surface area contributed by atoms with E-state index in [1.807, 2.05) is 54.9 Å². The lowest BCUT2D eigenvalue weighted by Crippen LogP contribution is -2.50. The summed E-state index contributed by atoms with van der Waals surface area (Å²) in [7, 11) is 1.87. The summed E-state index contributed by atoms with van der Waals surface area (Å²) in [5.41, 5.74) is 3.14. The highest BCUT2D eigenvalue weighted by Gasteiger charge is 2.33. The molecule has 0 aliphatic heterocycles. The molecule has 3 aromatic rings. The first-order valence-corrected chi connectivity index (χ1v) is 11.9. The van der Waals surface area contributed by atoms with Crippen LogP contribution in [0.1, 0.15) is 47.4 Å². The molecule has 1 aromatic carbocycles. The van der Waals surface area contributed by atoms with E-state index in [0.29, 0.717) is 23.7 Å². The number of para-hydroxylation sites is 1. The number of nitrogens with zero attached hydrogens (tertiary/aromatic N) is 3. The van der Waals surface area contributed by atoms with Crippen molar-refractivity contribution in [3.8, 4) is 6.07 Å². The molecule has 3 atom stereocenters. The number of aryl methyl sites for hydroxylation is 2. The third kappa shape index (κ3) is 5.23. The average Bonchev–Trinajstić information content (AvgIpc) is 3.15. The lowest BCUT2D eigenvalue weighted by molar-refractivity contribution is -0.127. The number of nitriles is 1. The minimum atomic E-state index is -0.693. The Hall–Kier alpha value is -3.37. The average molecular weight is 478 g/mol. The van der Waals surface area contributed by atoms with Crippen LogP contribution in [0.5, 0.6) is 0 Å². The largest absolute Gasteiger partial charge is 0.347 e. The number of aromatic nitrogens is 2. The number of rotatable bonds is 6. The van der Waals surface area contributed by atoms with E-state index in [4.69, 9.17) is 11.6 Å². The number of benzene rings is 1. The maximum atomic E-state index is 13.2. The van der Waals surface area contributed by atoms with Crippen LogP contribution >= 0.6 is 11.6 Å². The highest BCUT2D eigenvalue weighted by Crippen LogP contribution is 2.26. The van der Waals surface area contributed by atoms with Crippen molar-refractivity contribution in [3.05, 3.63) is 64.6 Å². The lowest BCUT2D eigenvalue weighted by Gasteiger charge is -2.32. The van der Waals surface area contributed by atoms with E-state index >= 15 is 0 Å². The van der Waals surface area contributed by atoms with Crippen LogP contribution in [-0.4, -0.2) is 33.4 Å². The molecule has 3 unspecified atom stereocenters. The van der Waals surface area contributed by atoms with Crippen LogP contribution in [0.3, 0.4) is 0 Å². The lowest BCUT2D eigenvalue weighted by atomic mass is 9.83. The van der Waals surface area contributed by atoms with Gasteiger partial charge in [-0.3, -0.25) is 9.59 Å². The molecule has 0 bridgehead atoms. The molecule has 34 heavy (non-hydrogen) atoms. The van der Waals surface area contributed by atoms with Crippen molar-refractivity contribution >= 4 is 34.3 Å². The van der Waals surface area contributed by atoms with Gasteiger partial charge < -0.3 is 15.2 Å². The summed E-state index contributed by atoms with van der Waals surface area (Å²) in [6.07, 6.45) is 3.59. The first-order chi connectivity index (χ1) is 16.4. The van der Waals surface area contributed by atoms with Gasteiger partial charge >= 0.3 is 0 Å². The molecule has 4 rings (SSSR count). The third-order valence-corrected chi connectivity index (χ3v) is 6.69. The van der Waals surface area contributed by atoms with Gasteiger partial charge in [-0.25, -0.2) is 4.98 Å². The quantitative estimate of drug-likeness (QED) is 0.522. The highest BCUT2D eigenvalue weighted by molar-refractivity contribution is 6.29. The molecule has 1 aliphatic carbocycles. The van der Waals surface area contributed by atoms with E-state index in [1.165, 1.54) is 0 Å². The number of hydrogen-bond acceptors (Lipinski definition) is 4. The van der Waals surface area contributed by atoms with Crippen molar-refractivity contribution in [2.24, 2.45) is 13.0 Å². The topological polar surface area (TPSA) is 99.8 Å². The molecule has 0 spiro atoms. The normalized spacial score (nSPS) is 18.8. The Balaban J connectivity index is 1.45. The van der Waals surface area contributed by atoms with Crippen LogP contribution in [0.15, 0.2) is 42.5 Å². The van der Waals surface area contributed by atoms with E-state index in [1.54, 1.807) is 6.07 Å². The fourth-order valence-corrected chi connectivity index (χ4v) is 5.10. The molecule has 176 valence electrons. The van der Waals surface area contributed by atoms with E-state index < -0.39 is 6.04 Å². The molecule has 1 saturated carbocycles. The van der Waals surface area contributed by atoms with Gasteiger partial charge in [0.15, 0.2) is 0 Å². The zero-order valence-corrected chi connectivity index (χ0v) is 20.1. The van der Waals surface area contributed by atoms with Crippen molar-refractivity contribution in [2.45, 2.75) is 51.1 Å². The van der Waals surface area contributed by atoms with Gasteiger partial charge in [0.1, 0.15) is 16.9 Å². The molecule has 7 nitrogen and oxygen atoms in total. The SMILES string of the molecule is Cc1cc(CC(C#N)NC(=O)C2CCCCC2NC(=O)c2cc3ccccc3n2C)cc(Cl)n1. The van der Waals surface area contributed by atoms with Crippen molar-refractivity contribution in [3.63, 3.8) is 0 Å². The summed E-state index contributed by atoms with van der Waals surface area (Å²) in [5, 5.41) is 17.0. The van der Waals surface area contributed by atoms with E-state index in [-0.39, 0.29) is 23.8 Å². The van der Waals surface area contributed by atoms with E-state index in [9.17, 15) is 14.9 Å². The van der Waals surface area contributed by atoms with Crippen LogP contribution in [0, 0.1) is 24.2 Å². The Morgan fingerprint density at radius 1 is 1.24 bits per heavy atom. The second-order valence-corrected chi connectivity index (χ2v) is 9.34. The minimum absolute atomic E-state index is 0.192. The molecule has 2 amide bonds. The molecule has 2 N–H and O–H groups in total. The monoisotopic (exact) mass is 477 g/mol. The molecular weight excluding hydrogens is 450 g/mol. The first kappa shape index (κ1) is 23.8. The molecule has 1 aliphatic rings. The fraction of sp³-hybridized carbons (Fsp3) is 0.385. The van der Waals surface area contributed by atoms with E-state index in [2.05, 4.69) is 21.7 Å². The molecule has 0 saturated heterocycles. The van der Waals surface area contributed by atoms with Crippen molar-refractivity contribution in [1.29, 1.82) is 5.26 Å². The fourth-order valence-electron chi connectivity index (χ4n) is 4.82. The maximum Gasteiger partial charge on any atom is 0.268 e. The van der Waals surface area contributed by atoms with Gasteiger partial charge in [-0.2, -0.15) is 5.26 Å². The minimum Gasteiger partial charge on any atom is -0.347 e. The second-order valence-electron chi connectivity index (χ2n) is 8.95. The molecule has 8 heteroatoms. The Morgan fingerprint density at radius 3 is 2.74 bits per heavy atom. The third-order valence-electron chi connectivity index (χ3n) is 6.50. The Morgan fingerprint density at radius 2 is 2.00 bits per heavy atom. The number of pyridine rings is 1. The van der Waals surface area contributed by atoms with Crippen LogP contribution in [-0.2, 0) is 18.3 Å². The van der Waals surface area contributed by atoms with Crippen molar-refractivity contribution in [1.82, 2.24) is 20.2 Å². The Kier molecular flexibility index (Phi) is 7.18. The Labute approximate surface area is 204 Å². The number of halogens is 1. The van der Waals surface area contributed by atoms with Gasteiger partial charge in [0.25, 0.3) is 5.91 Å². The predicted octanol–water partition coefficient (Wildman–Crippen LogP) is 4.07. The van der Waals surface area contributed by atoms with Gasteiger partial charge in [0.05, 0.1) is 12.0 Å². The van der Waals surface area contributed by atoms with Crippen LogP contribution in [0.25, 0.3) is 10.9 Å². The molecule has 1 fully saturated rings. The van der Waals surface area contributed by atoms with E-state index in [0.717, 1.165) is 41.4 Å². The zero-order valence-electron chi connectivity index (χ0n) is 19.3. The van der Waals surface area contributed by atoms with Crippen LogP contribution in [0.2, 0.25) is 5.15 Å². The molecule has 2 heterocycles. The summed E-state index contributed by atoms with van der Waals surface area (Å²) < 4.78 is 1.87. The van der Waals surface area contributed by atoms with Gasteiger partial charge in [-0.05, 0) is 49.6 Å². The van der Waals surface area contributed by atoms with Gasteiger partial charge in [0, 0.05) is 36.1 Å². The summed E-state index contributed by atoms with van der Waals surface area (Å²) >= 11 is 6.04. The summed E-state index contributed by atoms with van der Waals surface area (Å²) in [5.74, 6) is -0.779. The number of fused-ring (bicyclic) bond motifs is 1. The number of hydrogen-bond donors (Lipinski definition) is 2. The number of amides is 2. The first-order valence-electron chi connectivity index (χ1n) is 11.5. The summed E-state index contributed by atoms with van der Waals surface area (Å²) in [4.78, 5) is 30.4. The second kappa shape index (κ2) is 10.3. The van der Waals surface area contributed by atoms with Crippen molar-refractivity contribution in [2.75, 3.05) is 0 Å². The number of carbonyl (C=O) groups excluding carboxylic acids is 2. The van der Waals surface area contributed by atoms with Gasteiger partial charge in [-0.1, -0.05) is 42.6 Å². The van der Waals surface area contributed by atoms with Crippen LogP contribution < -0.4 is 10.6 Å². The summed E-state index contributed by atoms with van der Waals surface area (Å²) in [6.45, 7) is 1.83. The van der Waals surface area contributed by atoms with Crippen molar-refractivity contribution < 1.29 is 9.59 Å². The number of carbonyl (C=O) groups is 2. The summed E-state index contributed by atoms with van der Waals surface area (Å²) in [6, 6.07) is 14.5.